The Balaban J connectivity index is 1.30. The molecule has 0 spiro atoms. The largest absolute Gasteiger partial charge is 0.348 e. The number of hydrogen-bond acceptors (Lipinski definition) is 3. The van der Waals surface area contributed by atoms with Crippen LogP contribution in [0.3, 0.4) is 0 Å². The van der Waals surface area contributed by atoms with Crippen molar-refractivity contribution in [3.05, 3.63) is 89.5 Å². The molecule has 1 aromatic heterocycles. The van der Waals surface area contributed by atoms with Crippen molar-refractivity contribution < 1.29 is 4.79 Å². The number of benzene rings is 2. The molecule has 0 bridgehead atoms. The van der Waals surface area contributed by atoms with Gasteiger partial charge < -0.3 is 9.88 Å². The molecule has 31 heavy (non-hydrogen) atoms. The third kappa shape index (κ3) is 4.42. The number of fused-ring (bicyclic) bond motifs is 1. The molecule has 5 nitrogen and oxygen atoms in total. The van der Waals surface area contributed by atoms with Gasteiger partial charge in [-0.1, -0.05) is 60.7 Å². The van der Waals surface area contributed by atoms with Crippen LogP contribution in [0, 0.1) is 5.92 Å². The lowest BCUT2D eigenvalue weighted by Gasteiger charge is -2.43. The average molecular weight is 415 g/mol. The molecule has 5 heteroatoms. The number of nitrogens with one attached hydrogen (secondary N) is 1. The molecule has 2 aliphatic heterocycles. The van der Waals surface area contributed by atoms with E-state index in [1.165, 1.54) is 11.3 Å². The van der Waals surface area contributed by atoms with Gasteiger partial charge in [-0.3, -0.25) is 9.69 Å². The zero-order valence-electron chi connectivity index (χ0n) is 17.9. The molecule has 3 aromatic rings. The first kappa shape index (κ1) is 20.0. The van der Waals surface area contributed by atoms with Crippen LogP contribution < -0.4 is 0 Å². The smallest absolute Gasteiger partial charge is 0.227 e. The molecule has 0 saturated carbocycles. The molecule has 5 rings (SSSR count). The molecule has 1 fully saturated rings. The maximum Gasteiger partial charge on any atom is 0.227 e. The van der Waals surface area contributed by atoms with E-state index in [1.807, 2.05) is 30.3 Å². The van der Waals surface area contributed by atoms with E-state index in [0.717, 1.165) is 56.7 Å². The number of hydrogen-bond donors (Lipinski definition) is 1. The van der Waals surface area contributed by atoms with Crippen LogP contribution in [-0.4, -0.2) is 45.3 Å². The first-order valence-electron chi connectivity index (χ1n) is 11.4. The Hall–Kier alpha value is -2.92. The molecule has 1 amide bonds. The Kier molecular flexibility index (Phi) is 5.85. The summed E-state index contributed by atoms with van der Waals surface area (Å²) in [5.74, 6) is 0.672. The van der Waals surface area contributed by atoms with Gasteiger partial charge in [0.2, 0.25) is 5.91 Å². The molecular weight excluding hydrogens is 384 g/mol. The van der Waals surface area contributed by atoms with Gasteiger partial charge in [-0.25, -0.2) is 4.98 Å². The minimum absolute atomic E-state index is 0.0880. The lowest BCUT2D eigenvalue weighted by Crippen LogP contribution is -2.46. The third-order valence-electron chi connectivity index (χ3n) is 6.82. The maximum absolute atomic E-state index is 13.3. The van der Waals surface area contributed by atoms with Gasteiger partial charge in [0.1, 0.15) is 0 Å². The summed E-state index contributed by atoms with van der Waals surface area (Å²) in [7, 11) is 0. The van der Waals surface area contributed by atoms with E-state index in [2.05, 4.69) is 50.1 Å². The van der Waals surface area contributed by atoms with Crippen molar-refractivity contribution in [3.63, 3.8) is 0 Å². The lowest BCUT2D eigenvalue weighted by molar-refractivity contribution is -0.135. The summed E-state index contributed by atoms with van der Waals surface area (Å²) in [5, 5.41) is 0. The summed E-state index contributed by atoms with van der Waals surface area (Å²) in [6.07, 6.45) is 5.31. The Morgan fingerprint density at radius 3 is 2.32 bits per heavy atom. The van der Waals surface area contributed by atoms with Crippen LogP contribution in [0.5, 0.6) is 0 Å². The van der Waals surface area contributed by atoms with E-state index in [1.54, 1.807) is 6.33 Å². The van der Waals surface area contributed by atoms with Crippen LogP contribution in [0.1, 0.15) is 41.4 Å². The number of rotatable bonds is 5. The van der Waals surface area contributed by atoms with Crippen LogP contribution in [0.4, 0.5) is 0 Å². The summed E-state index contributed by atoms with van der Waals surface area (Å²) in [5.41, 5.74) is 4.75. The molecule has 1 unspecified atom stereocenters. The highest BCUT2D eigenvalue weighted by molar-refractivity contribution is 5.79. The predicted octanol–water partition coefficient (Wildman–Crippen LogP) is 3.99. The van der Waals surface area contributed by atoms with Gasteiger partial charge in [0.15, 0.2) is 0 Å². The van der Waals surface area contributed by atoms with Gasteiger partial charge >= 0.3 is 0 Å². The molecule has 0 aliphatic carbocycles. The number of H-pyrrole nitrogens is 1. The fourth-order valence-corrected chi connectivity index (χ4v) is 5.20. The number of amides is 1. The van der Waals surface area contributed by atoms with Crippen molar-refractivity contribution in [2.45, 2.75) is 38.3 Å². The van der Waals surface area contributed by atoms with Crippen LogP contribution in [0.25, 0.3) is 0 Å². The maximum atomic E-state index is 13.3. The van der Waals surface area contributed by atoms with Crippen molar-refractivity contribution in [1.29, 1.82) is 0 Å². The second-order valence-corrected chi connectivity index (χ2v) is 8.81. The van der Waals surface area contributed by atoms with Crippen molar-refractivity contribution in [2.75, 3.05) is 19.6 Å². The van der Waals surface area contributed by atoms with Crippen molar-refractivity contribution >= 4 is 5.91 Å². The number of carbonyl (C=O) groups excluding carboxylic acids is 1. The highest BCUT2D eigenvalue weighted by atomic mass is 16.2. The topological polar surface area (TPSA) is 52.2 Å². The van der Waals surface area contributed by atoms with E-state index in [4.69, 9.17) is 0 Å². The van der Waals surface area contributed by atoms with Crippen LogP contribution >= 0.6 is 0 Å². The summed E-state index contributed by atoms with van der Waals surface area (Å²) in [6.45, 7) is 3.91. The zero-order valence-corrected chi connectivity index (χ0v) is 17.9. The second-order valence-electron chi connectivity index (χ2n) is 8.81. The van der Waals surface area contributed by atoms with Gasteiger partial charge in [-0.05, 0) is 43.0 Å². The van der Waals surface area contributed by atoms with Crippen molar-refractivity contribution in [1.82, 2.24) is 19.8 Å². The standard InChI is InChI=1S/C26H30N4O/c31-24(17-20-7-3-1-4-8-20)30-16-13-23-25(28-19-27-23)26(30)22-11-14-29(15-12-22)18-21-9-5-2-6-10-21/h1-10,19,22,26H,11-18H2,(H,27,28). The first-order valence-corrected chi connectivity index (χ1v) is 11.4. The van der Waals surface area contributed by atoms with E-state index in [0.29, 0.717) is 12.3 Å². The van der Waals surface area contributed by atoms with Gasteiger partial charge in [-0.15, -0.1) is 0 Å². The number of nitrogens with zero attached hydrogens (tertiary/aromatic N) is 3. The minimum atomic E-state index is 0.0880. The number of piperidine rings is 1. The van der Waals surface area contributed by atoms with E-state index >= 15 is 0 Å². The van der Waals surface area contributed by atoms with E-state index in [9.17, 15) is 4.79 Å². The highest BCUT2D eigenvalue weighted by Gasteiger charge is 2.39. The Morgan fingerprint density at radius 1 is 0.935 bits per heavy atom. The summed E-state index contributed by atoms with van der Waals surface area (Å²) < 4.78 is 0. The molecule has 2 aliphatic rings. The number of carbonyl (C=O) groups is 1. The highest BCUT2D eigenvalue weighted by Crippen LogP contribution is 2.39. The number of aromatic amines is 1. The first-order chi connectivity index (χ1) is 15.3. The minimum Gasteiger partial charge on any atom is -0.348 e. The molecule has 1 saturated heterocycles. The molecule has 3 heterocycles. The second kappa shape index (κ2) is 9.06. The Labute approximate surface area is 184 Å². The van der Waals surface area contributed by atoms with Gasteiger partial charge in [0.05, 0.1) is 24.5 Å². The quantitative estimate of drug-likeness (QED) is 0.687. The summed E-state index contributed by atoms with van der Waals surface area (Å²) in [4.78, 5) is 26.0. The molecule has 1 atom stereocenters. The Bertz CT molecular complexity index is 993. The number of likely N-dealkylation sites (tertiary alicyclic amines) is 1. The average Bonchev–Trinajstić information content (AvgIpc) is 3.29. The summed E-state index contributed by atoms with van der Waals surface area (Å²) >= 11 is 0. The summed E-state index contributed by atoms with van der Waals surface area (Å²) in [6, 6.07) is 20.9. The van der Waals surface area contributed by atoms with Crippen LogP contribution in [-0.2, 0) is 24.2 Å². The third-order valence-corrected chi connectivity index (χ3v) is 6.82. The number of imidazole rings is 1. The van der Waals surface area contributed by atoms with E-state index in [-0.39, 0.29) is 11.9 Å². The van der Waals surface area contributed by atoms with Crippen molar-refractivity contribution in [2.24, 2.45) is 5.92 Å². The predicted molar refractivity (Wildman–Crippen MR) is 121 cm³/mol. The number of aromatic nitrogens is 2. The van der Waals surface area contributed by atoms with Gasteiger partial charge in [0.25, 0.3) is 0 Å². The molecular formula is C26H30N4O. The van der Waals surface area contributed by atoms with Crippen molar-refractivity contribution in [3.8, 4) is 0 Å². The van der Waals surface area contributed by atoms with Crippen LogP contribution in [0.15, 0.2) is 67.0 Å². The molecule has 2 aromatic carbocycles. The molecule has 160 valence electrons. The Morgan fingerprint density at radius 2 is 1.61 bits per heavy atom. The SMILES string of the molecule is O=C(Cc1ccccc1)N1CCc2[nH]cnc2C1C1CCN(Cc2ccccc2)CC1. The van der Waals surface area contributed by atoms with Gasteiger partial charge in [-0.2, -0.15) is 0 Å². The van der Waals surface area contributed by atoms with Gasteiger partial charge in [0, 0.05) is 25.2 Å². The normalized spacial score (nSPS) is 19.9. The molecule has 0 radical (unpaired) electrons. The fourth-order valence-electron chi connectivity index (χ4n) is 5.20. The van der Waals surface area contributed by atoms with Crippen LogP contribution in [0.2, 0.25) is 0 Å². The zero-order chi connectivity index (χ0) is 21.0. The fraction of sp³-hybridized carbons (Fsp3) is 0.385. The monoisotopic (exact) mass is 414 g/mol. The van der Waals surface area contributed by atoms with E-state index < -0.39 is 0 Å². The lowest BCUT2D eigenvalue weighted by atomic mass is 9.83. The molecule has 1 N–H and O–H groups in total.